The van der Waals surface area contributed by atoms with E-state index in [4.69, 9.17) is 52.6 Å². The summed E-state index contributed by atoms with van der Waals surface area (Å²) in [4.78, 5) is 0. The molecule has 0 aromatic rings. The van der Waals surface area contributed by atoms with Gasteiger partial charge >= 0.3 is 43.4 Å². The quantitative estimate of drug-likeness (QED) is 0.184. The van der Waals surface area contributed by atoms with Crippen LogP contribution in [0.2, 0.25) is 0 Å². The van der Waals surface area contributed by atoms with Crippen molar-refractivity contribution in [3.8, 4) is 0 Å². The van der Waals surface area contributed by atoms with Crippen molar-refractivity contribution < 1.29 is 72.0 Å². The van der Waals surface area contributed by atoms with Gasteiger partial charge in [-0.2, -0.15) is 0 Å². The fourth-order valence-corrected chi connectivity index (χ4v) is 0. The van der Waals surface area contributed by atoms with E-state index in [2.05, 4.69) is 0 Å². The molecule has 0 saturated carbocycles. The molecule has 0 heterocycles. The van der Waals surface area contributed by atoms with Gasteiger partial charge in [0.15, 0.2) is 0 Å². The molecular weight excluding hydrogens is 472 g/mol. The third-order valence-electron chi connectivity index (χ3n) is 0. The van der Waals surface area contributed by atoms with Crippen molar-refractivity contribution in [3.05, 3.63) is 0 Å². The summed E-state index contributed by atoms with van der Waals surface area (Å²) in [5.41, 5.74) is 0. The van der Waals surface area contributed by atoms with Crippen LogP contribution in [0, 0.1) is 0 Å². The summed E-state index contributed by atoms with van der Waals surface area (Å²) < 4.78 is 102. The molecular formula is O12S3SnZn. The van der Waals surface area contributed by atoms with Crippen molar-refractivity contribution in [2.45, 2.75) is 0 Å². The molecule has 0 aliphatic heterocycles. The van der Waals surface area contributed by atoms with E-state index >= 15 is 0 Å². The number of hydrogen-bond donors (Lipinski definition) is 0. The molecule has 17 heavy (non-hydrogen) atoms. The van der Waals surface area contributed by atoms with E-state index in [9.17, 15) is 0 Å². The van der Waals surface area contributed by atoms with Gasteiger partial charge in [-0.1, -0.05) is 0 Å². The first kappa shape index (κ1) is 30.8. The van der Waals surface area contributed by atoms with Gasteiger partial charge in [-0.3, -0.25) is 25.3 Å². The molecule has 0 N–H and O–H groups in total. The normalized spacial score (nSPS) is 10.2. The summed E-state index contributed by atoms with van der Waals surface area (Å²) in [5, 5.41) is 0. The van der Waals surface area contributed by atoms with Crippen LogP contribution in [0.4, 0.5) is 0 Å². The number of hydrogen-bond acceptors (Lipinski definition) is 12. The molecule has 0 radical (unpaired) electrons. The molecule has 0 aromatic heterocycles. The zero-order valence-electron chi connectivity index (χ0n) is 7.33. The summed E-state index contributed by atoms with van der Waals surface area (Å²) in [7, 11) is -15.5. The monoisotopic (exact) mass is 472 g/mol. The SMILES string of the molecule is O=S(=O)([O-])[O-].O=S(=O)([O-])[O-].O=S(=O)([O-])[O-].[Sn+4].[Zn+2]. The Morgan fingerprint density at radius 1 is 0.471 bits per heavy atom. The number of rotatable bonds is 0. The largest absolute Gasteiger partial charge is 4.00 e. The molecule has 12 nitrogen and oxygen atoms in total. The van der Waals surface area contributed by atoms with Crippen molar-refractivity contribution in [3.63, 3.8) is 0 Å². The van der Waals surface area contributed by atoms with Crippen LogP contribution in [0.3, 0.4) is 0 Å². The van der Waals surface area contributed by atoms with Gasteiger partial charge < -0.3 is 27.3 Å². The van der Waals surface area contributed by atoms with Crippen molar-refractivity contribution in [1.29, 1.82) is 0 Å². The minimum absolute atomic E-state index is 0. The first-order chi connectivity index (χ1) is 6.00. The van der Waals surface area contributed by atoms with Gasteiger partial charge in [-0.15, -0.1) is 0 Å². The molecule has 0 amide bonds. The van der Waals surface area contributed by atoms with Gasteiger partial charge in [0.1, 0.15) is 0 Å². The maximum Gasteiger partial charge on any atom is 4.00 e. The van der Waals surface area contributed by atoms with Crippen LogP contribution < -0.4 is 0 Å². The standard InChI is InChI=1S/3H2O4S.Sn.Zn/c3*1-5(2,3)4;;/h3*(H2,1,2,3,4);;/q;;;+4;+2/p-6. The third-order valence-corrected chi connectivity index (χ3v) is 0. The topological polar surface area (TPSA) is 241 Å². The third kappa shape index (κ3) is 3610. The molecule has 0 bridgehead atoms. The minimum atomic E-state index is -5.17. The summed E-state index contributed by atoms with van der Waals surface area (Å²) >= 11 is 0. The Bertz CT molecular complexity index is 343. The van der Waals surface area contributed by atoms with Crippen molar-refractivity contribution in [2.24, 2.45) is 0 Å². The van der Waals surface area contributed by atoms with Crippen LogP contribution in [0.15, 0.2) is 0 Å². The summed E-state index contributed by atoms with van der Waals surface area (Å²) in [6, 6.07) is 0. The average Bonchev–Trinajstić information content (AvgIpc) is 1.41. The van der Waals surface area contributed by atoms with Crippen LogP contribution in [0.25, 0.3) is 0 Å². The maximum absolute atomic E-state index is 8.52. The van der Waals surface area contributed by atoms with Crippen molar-refractivity contribution in [1.82, 2.24) is 0 Å². The second-order valence-corrected chi connectivity index (χ2v) is 3.67. The van der Waals surface area contributed by atoms with Crippen LogP contribution >= 0.6 is 0 Å². The average molecular weight is 472 g/mol. The van der Waals surface area contributed by atoms with Crippen LogP contribution in [0.5, 0.6) is 0 Å². The summed E-state index contributed by atoms with van der Waals surface area (Å²) in [5.74, 6) is 0. The summed E-state index contributed by atoms with van der Waals surface area (Å²) in [6.45, 7) is 0. The second kappa shape index (κ2) is 12.1. The Hall–Kier alpha value is 1.03. The van der Waals surface area contributed by atoms with Gasteiger partial charge in [-0.05, 0) is 0 Å². The molecule has 0 aliphatic rings. The van der Waals surface area contributed by atoms with Gasteiger partial charge in [0.25, 0.3) is 0 Å². The van der Waals surface area contributed by atoms with E-state index in [1.54, 1.807) is 0 Å². The molecule has 0 unspecified atom stereocenters. The Morgan fingerprint density at radius 3 is 0.471 bits per heavy atom. The Balaban J connectivity index is -0.0000000400. The fraction of sp³-hybridized carbons (Fsp3) is 0. The fourth-order valence-electron chi connectivity index (χ4n) is 0. The molecule has 96 valence electrons. The van der Waals surface area contributed by atoms with Crippen LogP contribution in [-0.2, 0) is 50.7 Å². The molecule has 0 aromatic carbocycles. The van der Waals surface area contributed by atoms with Crippen molar-refractivity contribution >= 4 is 55.1 Å². The predicted molar refractivity (Wildman–Crippen MR) is 37.2 cm³/mol. The second-order valence-electron chi connectivity index (χ2n) is 1.22. The van der Waals surface area contributed by atoms with E-state index in [1.807, 2.05) is 0 Å². The Kier molecular flexibility index (Phi) is 21.9. The van der Waals surface area contributed by atoms with Gasteiger partial charge in [-0.25, -0.2) is 0 Å². The van der Waals surface area contributed by atoms with Gasteiger partial charge in [0.2, 0.25) is 0 Å². The first-order valence-corrected chi connectivity index (χ1v) is 6.00. The predicted octanol–water partition coefficient (Wildman–Crippen LogP) is -4.40. The zero-order valence-corrected chi connectivity index (χ0v) is 15.6. The van der Waals surface area contributed by atoms with E-state index in [0.29, 0.717) is 0 Å². The van der Waals surface area contributed by atoms with Crippen LogP contribution in [-0.4, -0.2) is 76.5 Å². The van der Waals surface area contributed by atoms with Crippen molar-refractivity contribution in [2.75, 3.05) is 0 Å². The molecule has 0 fully saturated rings. The Morgan fingerprint density at radius 2 is 0.471 bits per heavy atom. The van der Waals surface area contributed by atoms with Gasteiger partial charge in [0, 0.05) is 31.2 Å². The molecule has 0 rings (SSSR count). The van der Waals surface area contributed by atoms with E-state index in [1.165, 1.54) is 0 Å². The Labute approximate surface area is 126 Å². The smallest absolute Gasteiger partial charge is 0.759 e. The zero-order chi connectivity index (χ0) is 13.5. The first-order valence-electron chi connectivity index (χ1n) is 2.00. The molecule has 0 aliphatic carbocycles. The molecule has 0 atom stereocenters. The van der Waals surface area contributed by atoms with E-state index in [-0.39, 0.29) is 43.4 Å². The maximum atomic E-state index is 8.52. The minimum Gasteiger partial charge on any atom is -0.759 e. The summed E-state index contributed by atoms with van der Waals surface area (Å²) in [6.07, 6.45) is 0. The van der Waals surface area contributed by atoms with E-state index in [0.717, 1.165) is 0 Å². The molecule has 17 heteroatoms. The molecule has 0 spiro atoms. The van der Waals surface area contributed by atoms with Gasteiger partial charge in [0.05, 0.1) is 0 Å². The van der Waals surface area contributed by atoms with Crippen LogP contribution in [0.1, 0.15) is 0 Å². The molecule has 0 saturated heterocycles. The van der Waals surface area contributed by atoms with E-state index < -0.39 is 31.2 Å².